The summed E-state index contributed by atoms with van der Waals surface area (Å²) >= 11 is 1.67. The van der Waals surface area contributed by atoms with Crippen LogP contribution in [0.2, 0.25) is 0 Å². The third-order valence-corrected chi connectivity index (χ3v) is 5.60. The summed E-state index contributed by atoms with van der Waals surface area (Å²) in [5.41, 5.74) is 1.38. The topological polar surface area (TPSA) is 51.0 Å². The van der Waals surface area contributed by atoms with Crippen LogP contribution in [-0.2, 0) is 19.4 Å². The first kappa shape index (κ1) is 13.0. The molecule has 0 unspecified atom stereocenters. The molecular formula is C15H18N4OS. The van der Waals surface area contributed by atoms with Gasteiger partial charge in [-0.25, -0.2) is 4.68 Å². The molecule has 0 bridgehead atoms. The van der Waals surface area contributed by atoms with E-state index in [9.17, 15) is 4.79 Å². The smallest absolute Gasteiger partial charge is 0.270 e. The van der Waals surface area contributed by atoms with Gasteiger partial charge in [-0.05, 0) is 43.2 Å². The number of aryl methyl sites for hydroxylation is 2. The van der Waals surface area contributed by atoms with Crippen molar-refractivity contribution in [2.24, 2.45) is 5.92 Å². The molecule has 5 nitrogen and oxygen atoms in total. The molecule has 2 aromatic rings. The summed E-state index contributed by atoms with van der Waals surface area (Å²) in [5.74, 6) is 1.50. The van der Waals surface area contributed by atoms with Gasteiger partial charge in [-0.3, -0.25) is 9.69 Å². The van der Waals surface area contributed by atoms with E-state index in [1.165, 1.54) is 23.2 Å². The van der Waals surface area contributed by atoms with E-state index < -0.39 is 0 Å². The molecule has 2 aromatic heterocycles. The highest BCUT2D eigenvalue weighted by Crippen LogP contribution is 2.33. The average molecular weight is 302 g/mol. The molecule has 0 saturated carbocycles. The van der Waals surface area contributed by atoms with Gasteiger partial charge in [0.05, 0.1) is 4.88 Å². The summed E-state index contributed by atoms with van der Waals surface area (Å²) in [6.45, 7) is 3.86. The first-order valence-electron chi connectivity index (χ1n) is 7.53. The number of hydrogen-bond donors (Lipinski definition) is 0. The quantitative estimate of drug-likeness (QED) is 0.813. The van der Waals surface area contributed by atoms with E-state index in [0.29, 0.717) is 5.95 Å². The van der Waals surface area contributed by atoms with Gasteiger partial charge in [0.1, 0.15) is 6.33 Å². The van der Waals surface area contributed by atoms with Gasteiger partial charge >= 0.3 is 0 Å². The minimum Gasteiger partial charge on any atom is -0.276 e. The van der Waals surface area contributed by atoms with Gasteiger partial charge in [0.25, 0.3) is 5.91 Å². The summed E-state index contributed by atoms with van der Waals surface area (Å²) in [4.78, 5) is 21.1. The number of nitrogens with zero attached hydrogens (tertiary/aromatic N) is 4. The number of thiophene rings is 1. The number of anilines is 1. The van der Waals surface area contributed by atoms with E-state index in [0.717, 1.165) is 43.1 Å². The summed E-state index contributed by atoms with van der Waals surface area (Å²) in [6, 6.07) is 2.10. The minimum atomic E-state index is 0.0796. The van der Waals surface area contributed by atoms with E-state index in [-0.39, 0.29) is 5.91 Å². The van der Waals surface area contributed by atoms with Gasteiger partial charge in [-0.15, -0.1) is 11.3 Å². The van der Waals surface area contributed by atoms with Gasteiger partial charge in [0.2, 0.25) is 5.95 Å². The second-order valence-electron chi connectivity index (χ2n) is 6.00. The number of amides is 1. The van der Waals surface area contributed by atoms with Crippen molar-refractivity contribution in [3.8, 4) is 0 Å². The van der Waals surface area contributed by atoms with E-state index >= 15 is 0 Å². The van der Waals surface area contributed by atoms with Crippen molar-refractivity contribution in [1.29, 1.82) is 0 Å². The van der Waals surface area contributed by atoms with Crippen LogP contribution >= 0.6 is 11.3 Å². The zero-order valence-corrected chi connectivity index (χ0v) is 12.9. The van der Waals surface area contributed by atoms with Crippen molar-refractivity contribution in [2.75, 3.05) is 11.4 Å². The lowest BCUT2D eigenvalue weighted by molar-refractivity contribution is 0.0984. The van der Waals surface area contributed by atoms with E-state index in [1.807, 2.05) is 4.68 Å². The fourth-order valence-corrected chi connectivity index (χ4v) is 4.40. The lowest BCUT2D eigenvalue weighted by atomic mass is 9.90. The average Bonchev–Trinajstić information content (AvgIpc) is 3.11. The summed E-state index contributed by atoms with van der Waals surface area (Å²) in [6.07, 6.45) is 5.92. The minimum absolute atomic E-state index is 0.0796. The molecule has 0 N–H and O–H groups in total. The molecule has 0 fully saturated rings. The van der Waals surface area contributed by atoms with Gasteiger partial charge in [-0.2, -0.15) is 10.1 Å². The van der Waals surface area contributed by atoms with Gasteiger partial charge in [0.15, 0.2) is 0 Å². The van der Waals surface area contributed by atoms with Crippen molar-refractivity contribution >= 4 is 23.2 Å². The molecule has 1 amide bonds. The molecular weight excluding hydrogens is 284 g/mol. The second kappa shape index (κ2) is 4.94. The van der Waals surface area contributed by atoms with Crippen LogP contribution in [0, 0.1) is 5.92 Å². The number of aromatic nitrogens is 3. The lowest BCUT2D eigenvalue weighted by Gasteiger charge is -2.25. The van der Waals surface area contributed by atoms with E-state index in [2.05, 4.69) is 23.1 Å². The molecule has 0 aromatic carbocycles. The molecule has 4 rings (SSSR count). The van der Waals surface area contributed by atoms with Crippen LogP contribution in [0.15, 0.2) is 12.4 Å². The van der Waals surface area contributed by atoms with E-state index in [1.54, 1.807) is 16.2 Å². The Morgan fingerprint density at radius 1 is 1.43 bits per heavy atom. The van der Waals surface area contributed by atoms with Crippen molar-refractivity contribution in [3.63, 3.8) is 0 Å². The molecule has 2 aliphatic rings. The second-order valence-corrected chi connectivity index (χ2v) is 7.14. The zero-order valence-electron chi connectivity index (χ0n) is 12.1. The summed E-state index contributed by atoms with van der Waals surface area (Å²) in [7, 11) is 0. The van der Waals surface area contributed by atoms with Crippen molar-refractivity contribution in [3.05, 3.63) is 27.7 Å². The maximum atomic E-state index is 12.8. The monoisotopic (exact) mass is 302 g/mol. The highest BCUT2D eigenvalue weighted by atomic mass is 32.1. The van der Waals surface area contributed by atoms with Crippen LogP contribution < -0.4 is 4.90 Å². The van der Waals surface area contributed by atoms with Crippen LogP contribution in [0.3, 0.4) is 0 Å². The third kappa shape index (κ3) is 2.18. The normalized spacial score (nSPS) is 21.0. The molecule has 0 radical (unpaired) electrons. The van der Waals surface area contributed by atoms with Crippen LogP contribution in [0.25, 0.3) is 0 Å². The van der Waals surface area contributed by atoms with E-state index in [4.69, 9.17) is 0 Å². The third-order valence-electron chi connectivity index (χ3n) is 4.37. The molecule has 1 aliphatic heterocycles. The van der Waals surface area contributed by atoms with Gasteiger partial charge < -0.3 is 0 Å². The lowest BCUT2D eigenvalue weighted by Crippen LogP contribution is -2.37. The van der Waals surface area contributed by atoms with Crippen LogP contribution in [0.5, 0.6) is 0 Å². The predicted octanol–water partition coefficient (Wildman–Crippen LogP) is 2.51. The Morgan fingerprint density at radius 2 is 2.33 bits per heavy atom. The molecule has 0 spiro atoms. The molecule has 110 valence electrons. The Morgan fingerprint density at radius 3 is 3.24 bits per heavy atom. The largest absolute Gasteiger partial charge is 0.276 e. The summed E-state index contributed by atoms with van der Waals surface area (Å²) < 4.78 is 1.82. The van der Waals surface area contributed by atoms with Crippen LogP contribution in [0.1, 0.15) is 39.9 Å². The fourth-order valence-electron chi connectivity index (χ4n) is 3.24. The molecule has 3 heterocycles. The summed E-state index contributed by atoms with van der Waals surface area (Å²) in [5, 5.41) is 4.17. The molecule has 1 aliphatic carbocycles. The highest BCUT2D eigenvalue weighted by molar-refractivity contribution is 7.14. The first-order valence-corrected chi connectivity index (χ1v) is 8.35. The number of carbonyl (C=O) groups excluding carboxylic acids is 1. The zero-order chi connectivity index (χ0) is 14.4. The van der Waals surface area contributed by atoms with Crippen LogP contribution in [-0.4, -0.2) is 27.2 Å². The SMILES string of the molecule is C[C@@H]1CCc2sc(C(=O)N3CCCn4ncnc43)cc2C1. The maximum absolute atomic E-state index is 12.8. The first-order chi connectivity index (χ1) is 10.2. The predicted molar refractivity (Wildman–Crippen MR) is 81.8 cm³/mol. The number of carbonyl (C=O) groups is 1. The van der Waals surface area contributed by atoms with Crippen molar-refractivity contribution < 1.29 is 4.79 Å². The Bertz CT molecular complexity index is 690. The maximum Gasteiger partial charge on any atom is 0.270 e. The van der Waals surface area contributed by atoms with Crippen LogP contribution in [0.4, 0.5) is 5.95 Å². The van der Waals surface area contributed by atoms with Gasteiger partial charge in [-0.1, -0.05) is 6.92 Å². The standard InChI is InChI=1S/C15H18N4OS/c1-10-3-4-12-11(7-10)8-13(21-12)14(20)18-5-2-6-19-15(18)16-9-17-19/h8-10H,2-7H2,1H3/t10-/m1/s1. The fraction of sp³-hybridized carbons (Fsp3) is 0.533. The van der Waals surface area contributed by atoms with Crippen molar-refractivity contribution in [1.82, 2.24) is 14.8 Å². The molecule has 1 atom stereocenters. The molecule has 0 saturated heterocycles. The number of fused-ring (bicyclic) bond motifs is 2. The Kier molecular flexibility index (Phi) is 3.06. The molecule has 21 heavy (non-hydrogen) atoms. The number of rotatable bonds is 1. The Labute approximate surface area is 127 Å². The van der Waals surface area contributed by atoms with Crippen molar-refractivity contribution in [2.45, 2.75) is 39.2 Å². The Hall–Kier alpha value is -1.69. The highest BCUT2D eigenvalue weighted by Gasteiger charge is 2.28. The molecule has 6 heteroatoms. The van der Waals surface area contributed by atoms with Gasteiger partial charge in [0, 0.05) is 18.0 Å². The Balaban J connectivity index is 1.65. The number of hydrogen-bond acceptors (Lipinski definition) is 4.